The quantitative estimate of drug-likeness (QED) is 0.619. The average molecular weight is 363 g/mol. The number of carbonyl (C=O) groups excluding carboxylic acids is 1. The highest BCUT2D eigenvalue weighted by Gasteiger charge is 2.08. The fourth-order valence-corrected chi connectivity index (χ4v) is 2.56. The van der Waals surface area contributed by atoms with Crippen LogP contribution in [0.3, 0.4) is 0 Å². The number of aromatic nitrogens is 3. The molecule has 0 fully saturated rings. The number of ketones is 1. The monoisotopic (exact) mass is 363 g/mol. The number of hydrogen-bond acceptors (Lipinski definition) is 7. The van der Waals surface area contributed by atoms with Gasteiger partial charge >= 0.3 is 0 Å². The van der Waals surface area contributed by atoms with Gasteiger partial charge in [-0.2, -0.15) is 15.0 Å². The van der Waals surface area contributed by atoms with Crippen molar-refractivity contribution in [3.8, 4) is 5.75 Å². The van der Waals surface area contributed by atoms with Crippen molar-refractivity contribution in [1.29, 1.82) is 0 Å². The zero-order valence-corrected chi connectivity index (χ0v) is 15.3. The number of anilines is 3. The molecule has 0 saturated carbocycles. The molecule has 0 aliphatic carbocycles. The summed E-state index contributed by atoms with van der Waals surface area (Å²) in [6.45, 7) is 3.74. The van der Waals surface area contributed by atoms with Crippen LogP contribution in [0.4, 0.5) is 17.6 Å². The van der Waals surface area contributed by atoms with Gasteiger partial charge in [0.2, 0.25) is 11.9 Å². The van der Waals surface area contributed by atoms with Gasteiger partial charge in [0.25, 0.3) is 0 Å². The van der Waals surface area contributed by atoms with E-state index in [9.17, 15) is 4.79 Å². The molecule has 3 N–H and O–H groups in total. The van der Waals surface area contributed by atoms with Gasteiger partial charge in [-0.1, -0.05) is 25.1 Å². The number of nitrogens with two attached hydrogens (primary N) is 1. The number of nitrogen functional groups attached to an aromatic ring is 1. The van der Waals surface area contributed by atoms with Gasteiger partial charge in [0.05, 0.1) is 0 Å². The van der Waals surface area contributed by atoms with E-state index in [-0.39, 0.29) is 18.3 Å². The van der Waals surface area contributed by atoms with Crippen molar-refractivity contribution in [1.82, 2.24) is 15.0 Å². The zero-order valence-electron chi connectivity index (χ0n) is 15.3. The molecule has 0 bridgehead atoms. The van der Waals surface area contributed by atoms with Crippen molar-refractivity contribution in [3.05, 3.63) is 65.5 Å². The number of benzene rings is 2. The second kappa shape index (κ2) is 8.27. The third-order valence-electron chi connectivity index (χ3n) is 3.97. The third-order valence-corrected chi connectivity index (χ3v) is 3.97. The largest absolute Gasteiger partial charge is 0.486 e. The summed E-state index contributed by atoms with van der Waals surface area (Å²) in [6.07, 6.45) is 0.885. The van der Waals surface area contributed by atoms with Gasteiger partial charge < -0.3 is 15.8 Å². The van der Waals surface area contributed by atoms with Crippen LogP contribution >= 0.6 is 0 Å². The number of para-hydroxylation sites is 1. The van der Waals surface area contributed by atoms with Gasteiger partial charge in [0.1, 0.15) is 12.4 Å². The van der Waals surface area contributed by atoms with E-state index >= 15 is 0 Å². The van der Waals surface area contributed by atoms with Gasteiger partial charge in [-0.05, 0) is 49.2 Å². The van der Waals surface area contributed by atoms with Crippen LogP contribution in [0.2, 0.25) is 0 Å². The van der Waals surface area contributed by atoms with Crippen molar-refractivity contribution in [3.63, 3.8) is 0 Å². The van der Waals surface area contributed by atoms with E-state index in [4.69, 9.17) is 10.5 Å². The Morgan fingerprint density at radius 3 is 2.52 bits per heavy atom. The van der Waals surface area contributed by atoms with Gasteiger partial charge in [0.15, 0.2) is 11.6 Å². The Bertz CT molecular complexity index is 941. The first kappa shape index (κ1) is 18.3. The summed E-state index contributed by atoms with van der Waals surface area (Å²) in [4.78, 5) is 23.9. The van der Waals surface area contributed by atoms with Crippen molar-refractivity contribution in [2.45, 2.75) is 26.9 Å². The van der Waals surface area contributed by atoms with Crippen molar-refractivity contribution < 1.29 is 9.53 Å². The molecule has 7 heteroatoms. The maximum Gasteiger partial charge on any atom is 0.232 e. The summed E-state index contributed by atoms with van der Waals surface area (Å²) in [5.41, 5.74) is 8.52. The minimum absolute atomic E-state index is 0.00914. The summed E-state index contributed by atoms with van der Waals surface area (Å²) in [7, 11) is 0. The molecule has 7 nitrogen and oxygen atoms in total. The van der Waals surface area contributed by atoms with E-state index in [1.807, 2.05) is 24.3 Å². The fraction of sp³-hybridized carbons (Fsp3) is 0.200. The summed E-state index contributed by atoms with van der Waals surface area (Å²) in [5, 5.41) is 3.19. The second-order valence-corrected chi connectivity index (χ2v) is 5.94. The van der Waals surface area contributed by atoms with Crippen molar-refractivity contribution >= 4 is 23.4 Å². The number of aryl methyl sites for hydroxylation is 1. The van der Waals surface area contributed by atoms with E-state index in [2.05, 4.69) is 27.2 Å². The first-order valence-corrected chi connectivity index (χ1v) is 8.64. The van der Waals surface area contributed by atoms with Gasteiger partial charge in [-0.25, -0.2) is 0 Å². The van der Waals surface area contributed by atoms with E-state index in [1.54, 1.807) is 24.3 Å². The maximum atomic E-state index is 11.3. The van der Waals surface area contributed by atoms with Crippen LogP contribution < -0.4 is 15.8 Å². The smallest absolute Gasteiger partial charge is 0.232 e. The molecule has 0 radical (unpaired) electrons. The number of carbonyl (C=O) groups is 1. The molecule has 0 aliphatic heterocycles. The SMILES string of the molecule is CCc1ccccc1Nc1nc(N)nc(COc2ccc(C(C)=O)cc2)n1. The average Bonchev–Trinajstić information content (AvgIpc) is 2.67. The Morgan fingerprint density at radius 2 is 1.81 bits per heavy atom. The molecule has 3 aromatic rings. The first-order chi connectivity index (χ1) is 13.0. The minimum Gasteiger partial charge on any atom is -0.486 e. The number of rotatable bonds is 7. The van der Waals surface area contributed by atoms with Crippen molar-refractivity contribution in [2.75, 3.05) is 11.1 Å². The maximum absolute atomic E-state index is 11.3. The number of hydrogen-bond donors (Lipinski definition) is 2. The van der Waals surface area contributed by atoms with Crippen LogP contribution in [0.5, 0.6) is 5.75 Å². The first-order valence-electron chi connectivity index (χ1n) is 8.64. The number of nitrogens with one attached hydrogen (secondary N) is 1. The minimum atomic E-state index is 0.00914. The Kier molecular flexibility index (Phi) is 5.61. The molecule has 0 amide bonds. The van der Waals surface area contributed by atoms with Crippen LogP contribution in [0.15, 0.2) is 48.5 Å². The summed E-state index contributed by atoms with van der Waals surface area (Å²) < 4.78 is 5.68. The zero-order chi connectivity index (χ0) is 19.2. The molecule has 138 valence electrons. The number of ether oxygens (including phenoxy) is 1. The Morgan fingerprint density at radius 1 is 1.07 bits per heavy atom. The molecule has 0 atom stereocenters. The third kappa shape index (κ3) is 4.78. The standard InChI is InChI=1S/C20H21N5O2/c1-3-14-6-4-5-7-17(14)22-20-24-18(23-19(21)25-20)12-27-16-10-8-15(9-11-16)13(2)26/h4-11H,3,12H2,1-2H3,(H3,21,22,23,24,25). The number of nitrogens with zero attached hydrogens (tertiary/aromatic N) is 3. The second-order valence-electron chi connectivity index (χ2n) is 5.94. The lowest BCUT2D eigenvalue weighted by Crippen LogP contribution is -2.10. The van der Waals surface area contributed by atoms with E-state index in [1.165, 1.54) is 6.92 Å². The van der Waals surface area contributed by atoms with E-state index in [0.717, 1.165) is 17.7 Å². The molecule has 27 heavy (non-hydrogen) atoms. The molecule has 0 saturated heterocycles. The lowest BCUT2D eigenvalue weighted by molar-refractivity contribution is 0.101. The van der Waals surface area contributed by atoms with Crippen LogP contribution in [-0.4, -0.2) is 20.7 Å². The fourth-order valence-electron chi connectivity index (χ4n) is 2.56. The molecule has 1 heterocycles. The normalized spacial score (nSPS) is 10.4. The van der Waals surface area contributed by atoms with E-state index < -0.39 is 0 Å². The predicted molar refractivity (Wildman–Crippen MR) is 104 cm³/mol. The molecule has 0 spiro atoms. The van der Waals surface area contributed by atoms with Crippen LogP contribution in [0.1, 0.15) is 35.6 Å². The topological polar surface area (TPSA) is 103 Å². The summed E-state index contributed by atoms with van der Waals surface area (Å²) in [6, 6.07) is 14.8. The highest BCUT2D eigenvalue weighted by atomic mass is 16.5. The Labute approximate surface area is 157 Å². The molecule has 1 aromatic heterocycles. The van der Waals surface area contributed by atoms with Crippen LogP contribution in [-0.2, 0) is 13.0 Å². The van der Waals surface area contributed by atoms with Crippen molar-refractivity contribution in [2.24, 2.45) is 0 Å². The van der Waals surface area contributed by atoms with Crippen LogP contribution in [0, 0.1) is 0 Å². The Hall–Kier alpha value is -3.48. The Balaban J connectivity index is 1.72. The summed E-state index contributed by atoms with van der Waals surface area (Å²) in [5.74, 6) is 1.52. The lowest BCUT2D eigenvalue weighted by atomic mass is 10.1. The van der Waals surface area contributed by atoms with Gasteiger partial charge in [-0.15, -0.1) is 0 Å². The molecular weight excluding hydrogens is 342 g/mol. The van der Waals surface area contributed by atoms with Gasteiger partial charge in [0, 0.05) is 11.3 Å². The molecular formula is C20H21N5O2. The molecule has 0 aliphatic rings. The highest BCUT2D eigenvalue weighted by Crippen LogP contribution is 2.20. The molecule has 0 unspecified atom stereocenters. The van der Waals surface area contributed by atoms with E-state index in [0.29, 0.717) is 23.1 Å². The molecule has 3 rings (SSSR count). The lowest BCUT2D eigenvalue weighted by Gasteiger charge is -2.11. The summed E-state index contributed by atoms with van der Waals surface area (Å²) >= 11 is 0. The number of Topliss-reactive ketones (excluding diaryl/α,β-unsaturated/α-hetero) is 1. The highest BCUT2D eigenvalue weighted by molar-refractivity contribution is 5.94. The predicted octanol–water partition coefficient (Wildman–Crippen LogP) is 3.54. The van der Waals surface area contributed by atoms with Gasteiger partial charge in [-0.3, -0.25) is 4.79 Å². The van der Waals surface area contributed by atoms with Crippen LogP contribution in [0.25, 0.3) is 0 Å². The molecule has 2 aromatic carbocycles.